The Morgan fingerprint density at radius 2 is 1.86 bits per heavy atom. The lowest BCUT2D eigenvalue weighted by atomic mass is 9.98. The molecule has 3 aromatic rings. The summed E-state index contributed by atoms with van der Waals surface area (Å²) in [4.78, 5) is 13.5. The maximum atomic E-state index is 13.7. The number of fused-ring (bicyclic) bond motifs is 1. The van der Waals surface area contributed by atoms with Gasteiger partial charge in [0.05, 0.1) is 11.6 Å². The Morgan fingerprint density at radius 3 is 2.62 bits per heavy atom. The zero-order valence-electron chi connectivity index (χ0n) is 10.5. The molecule has 21 heavy (non-hydrogen) atoms. The van der Waals surface area contributed by atoms with E-state index in [0.717, 1.165) is 12.1 Å². The van der Waals surface area contributed by atoms with E-state index >= 15 is 0 Å². The number of hydrogen-bond donors (Lipinski definition) is 2. The Labute approximate surface area is 116 Å². The van der Waals surface area contributed by atoms with Gasteiger partial charge in [-0.05, 0) is 23.8 Å². The number of nitrogens with one attached hydrogen (secondary N) is 1. The quantitative estimate of drug-likeness (QED) is 0.714. The van der Waals surface area contributed by atoms with Crippen molar-refractivity contribution in [3.05, 3.63) is 69.5 Å². The van der Waals surface area contributed by atoms with Gasteiger partial charge in [0.2, 0.25) is 0 Å². The summed E-state index contributed by atoms with van der Waals surface area (Å²) < 4.78 is 44.8. The minimum Gasteiger partial charge on any atom is -0.408 e. The second-order valence-corrected chi connectivity index (χ2v) is 4.51. The van der Waals surface area contributed by atoms with Crippen LogP contribution in [0.1, 0.15) is 17.2 Å². The highest BCUT2D eigenvalue weighted by Crippen LogP contribution is 2.26. The van der Waals surface area contributed by atoms with Gasteiger partial charge in [-0.3, -0.25) is 4.98 Å². The molecule has 1 aromatic heterocycles. The van der Waals surface area contributed by atoms with Gasteiger partial charge >= 0.3 is 5.76 Å². The largest absolute Gasteiger partial charge is 0.417 e. The molecule has 7 heteroatoms. The lowest BCUT2D eigenvalue weighted by Gasteiger charge is -2.13. The summed E-state index contributed by atoms with van der Waals surface area (Å²) in [5.41, 5.74) is 6.79. The van der Waals surface area contributed by atoms with Crippen LogP contribution in [-0.4, -0.2) is 4.98 Å². The number of oxazole rings is 1. The molecule has 0 amide bonds. The van der Waals surface area contributed by atoms with Gasteiger partial charge in [-0.2, -0.15) is 0 Å². The van der Waals surface area contributed by atoms with Crippen LogP contribution >= 0.6 is 0 Å². The minimum atomic E-state index is -1.57. The van der Waals surface area contributed by atoms with Crippen LogP contribution in [0.3, 0.4) is 0 Å². The molecule has 0 fully saturated rings. The fraction of sp³-hybridized carbons (Fsp3) is 0.0714. The average molecular weight is 294 g/mol. The lowest BCUT2D eigenvalue weighted by molar-refractivity contribution is 0.438. The van der Waals surface area contributed by atoms with Crippen molar-refractivity contribution in [2.75, 3.05) is 0 Å². The summed E-state index contributed by atoms with van der Waals surface area (Å²) in [5, 5.41) is 0. The Hall–Kier alpha value is -2.54. The highest BCUT2D eigenvalue weighted by atomic mass is 19.2. The van der Waals surface area contributed by atoms with E-state index in [1.54, 1.807) is 6.07 Å². The third-order valence-corrected chi connectivity index (χ3v) is 3.20. The number of H-pyrrole nitrogens is 1. The summed E-state index contributed by atoms with van der Waals surface area (Å²) in [5.74, 6) is -4.82. The molecule has 4 nitrogen and oxygen atoms in total. The molecule has 0 saturated heterocycles. The Kier molecular flexibility index (Phi) is 3.06. The minimum absolute atomic E-state index is 0.189. The van der Waals surface area contributed by atoms with Gasteiger partial charge in [0, 0.05) is 5.56 Å². The maximum Gasteiger partial charge on any atom is 0.417 e. The molecular formula is C14H9F3N2O2. The van der Waals surface area contributed by atoms with Gasteiger partial charge in [0.1, 0.15) is 0 Å². The first-order chi connectivity index (χ1) is 9.97. The lowest BCUT2D eigenvalue weighted by Crippen LogP contribution is -2.15. The summed E-state index contributed by atoms with van der Waals surface area (Å²) in [6.07, 6.45) is 0. The van der Waals surface area contributed by atoms with Crippen LogP contribution in [0, 0.1) is 17.5 Å². The molecule has 1 unspecified atom stereocenters. The first kappa shape index (κ1) is 13.4. The maximum absolute atomic E-state index is 13.7. The molecule has 0 bridgehead atoms. The highest BCUT2D eigenvalue weighted by molar-refractivity contribution is 5.73. The van der Waals surface area contributed by atoms with Gasteiger partial charge in [-0.1, -0.05) is 12.1 Å². The number of rotatable bonds is 2. The van der Waals surface area contributed by atoms with E-state index in [2.05, 4.69) is 4.98 Å². The average Bonchev–Trinajstić information content (AvgIpc) is 2.83. The number of aromatic amines is 1. The van der Waals surface area contributed by atoms with E-state index in [4.69, 9.17) is 10.2 Å². The number of halogens is 3. The summed E-state index contributed by atoms with van der Waals surface area (Å²) in [6.45, 7) is 0. The number of aromatic nitrogens is 1. The van der Waals surface area contributed by atoms with Gasteiger partial charge in [-0.25, -0.2) is 18.0 Å². The second kappa shape index (κ2) is 4.78. The summed E-state index contributed by atoms with van der Waals surface area (Å²) >= 11 is 0. The smallest absolute Gasteiger partial charge is 0.408 e. The third-order valence-electron chi connectivity index (χ3n) is 3.20. The third kappa shape index (κ3) is 2.21. The first-order valence-electron chi connectivity index (χ1n) is 5.99. The molecule has 108 valence electrons. The molecular weight excluding hydrogens is 285 g/mol. The van der Waals surface area contributed by atoms with Crippen molar-refractivity contribution in [2.24, 2.45) is 5.73 Å². The van der Waals surface area contributed by atoms with Crippen LogP contribution in [-0.2, 0) is 0 Å². The first-order valence-corrected chi connectivity index (χ1v) is 5.99. The van der Waals surface area contributed by atoms with Gasteiger partial charge < -0.3 is 10.2 Å². The molecule has 1 heterocycles. The molecule has 0 saturated carbocycles. The topological polar surface area (TPSA) is 72.0 Å². The van der Waals surface area contributed by atoms with E-state index in [1.165, 1.54) is 12.1 Å². The second-order valence-electron chi connectivity index (χ2n) is 4.51. The predicted molar refractivity (Wildman–Crippen MR) is 69.2 cm³/mol. The molecule has 3 N–H and O–H groups in total. The normalized spacial score (nSPS) is 12.8. The van der Waals surface area contributed by atoms with Crippen LogP contribution in [0.25, 0.3) is 11.1 Å². The van der Waals surface area contributed by atoms with Crippen molar-refractivity contribution in [2.45, 2.75) is 6.04 Å². The fourth-order valence-corrected chi connectivity index (χ4v) is 2.12. The Bertz CT molecular complexity index is 886. The molecule has 3 rings (SSSR count). The fourth-order valence-electron chi connectivity index (χ4n) is 2.12. The predicted octanol–water partition coefficient (Wildman–Crippen LogP) is 2.59. The molecule has 0 aliphatic heterocycles. The molecule has 1 atom stereocenters. The van der Waals surface area contributed by atoms with E-state index in [0.29, 0.717) is 11.1 Å². The van der Waals surface area contributed by atoms with Crippen molar-refractivity contribution in [3.63, 3.8) is 0 Å². The van der Waals surface area contributed by atoms with Crippen molar-refractivity contribution >= 4 is 11.1 Å². The van der Waals surface area contributed by atoms with Crippen molar-refractivity contribution in [1.82, 2.24) is 4.98 Å². The molecule has 0 aliphatic carbocycles. The van der Waals surface area contributed by atoms with Gasteiger partial charge in [0.25, 0.3) is 0 Å². The zero-order valence-corrected chi connectivity index (χ0v) is 10.5. The van der Waals surface area contributed by atoms with Gasteiger partial charge in [-0.15, -0.1) is 0 Å². The number of benzene rings is 2. The van der Waals surface area contributed by atoms with Gasteiger partial charge in [0.15, 0.2) is 23.0 Å². The van der Waals surface area contributed by atoms with Crippen LogP contribution in [0.5, 0.6) is 0 Å². The monoisotopic (exact) mass is 294 g/mol. The van der Waals surface area contributed by atoms with E-state index in [-0.39, 0.29) is 11.1 Å². The molecule has 0 radical (unpaired) electrons. The van der Waals surface area contributed by atoms with E-state index in [9.17, 15) is 18.0 Å². The van der Waals surface area contributed by atoms with Crippen LogP contribution in [0.15, 0.2) is 39.5 Å². The SMILES string of the molecule is NC(c1ccc2[nH]c(=O)oc2c1)c1ccc(F)c(F)c1F. The van der Waals surface area contributed by atoms with Crippen molar-refractivity contribution in [3.8, 4) is 0 Å². The van der Waals surface area contributed by atoms with E-state index in [1.807, 2.05) is 0 Å². The van der Waals surface area contributed by atoms with Crippen molar-refractivity contribution in [1.29, 1.82) is 0 Å². The van der Waals surface area contributed by atoms with Crippen LogP contribution in [0.4, 0.5) is 13.2 Å². The molecule has 2 aromatic carbocycles. The molecule has 0 aliphatic rings. The summed E-state index contributed by atoms with van der Waals surface area (Å²) in [7, 11) is 0. The number of nitrogens with two attached hydrogens (primary N) is 1. The standard InChI is InChI=1S/C14H9F3N2O2/c15-8-3-2-7(11(16)12(8)17)13(18)6-1-4-9-10(5-6)21-14(20)19-9/h1-5,13H,18H2,(H,19,20). The number of hydrogen-bond acceptors (Lipinski definition) is 3. The Balaban J connectivity index is 2.09. The van der Waals surface area contributed by atoms with Crippen LogP contribution < -0.4 is 11.5 Å². The zero-order chi connectivity index (χ0) is 15.1. The van der Waals surface area contributed by atoms with Crippen molar-refractivity contribution < 1.29 is 17.6 Å². The van der Waals surface area contributed by atoms with Crippen LogP contribution in [0.2, 0.25) is 0 Å². The molecule has 0 spiro atoms. The Morgan fingerprint density at radius 1 is 1.10 bits per heavy atom. The summed E-state index contributed by atoms with van der Waals surface area (Å²) in [6, 6.07) is 5.38. The highest BCUT2D eigenvalue weighted by Gasteiger charge is 2.20. The van der Waals surface area contributed by atoms with E-state index < -0.39 is 29.2 Å².